The molecule has 0 radical (unpaired) electrons. The fourth-order valence-electron chi connectivity index (χ4n) is 1.69. The molecule has 21 heavy (non-hydrogen) atoms. The van der Waals surface area contributed by atoms with E-state index in [1.165, 1.54) is 20.1 Å². The summed E-state index contributed by atoms with van der Waals surface area (Å²) in [6, 6.07) is 5.64. The van der Waals surface area contributed by atoms with Gasteiger partial charge in [0, 0.05) is 10.7 Å². The van der Waals surface area contributed by atoms with Gasteiger partial charge in [0.2, 0.25) is 0 Å². The van der Waals surface area contributed by atoms with Crippen LogP contribution in [-0.2, 0) is 6.18 Å². The molecule has 0 fully saturated rings. The molecule has 2 aromatic rings. The topological polar surface area (TPSA) is 27.1 Å². The number of hydrogen-bond acceptors (Lipinski definition) is 2. The maximum Gasteiger partial charge on any atom is 0.435 e. The van der Waals surface area contributed by atoms with Gasteiger partial charge in [0.05, 0.1) is 7.11 Å². The normalized spacial score (nSPS) is 10.9. The summed E-state index contributed by atoms with van der Waals surface area (Å²) in [5.41, 5.74) is -0.247. The SMILES string of the molecule is CC.COc1ccc(Cl)cc1-n1nc(C(F)(F)F)cc1C. The molecule has 0 atom stereocenters. The molecule has 0 unspecified atom stereocenters. The van der Waals surface area contributed by atoms with Crippen molar-refractivity contribution in [2.45, 2.75) is 26.9 Å². The Morgan fingerprint density at radius 3 is 2.29 bits per heavy atom. The van der Waals surface area contributed by atoms with E-state index in [2.05, 4.69) is 5.10 Å². The van der Waals surface area contributed by atoms with Crippen molar-refractivity contribution >= 4 is 11.6 Å². The summed E-state index contributed by atoms with van der Waals surface area (Å²) in [5, 5.41) is 3.94. The van der Waals surface area contributed by atoms with Gasteiger partial charge < -0.3 is 4.74 Å². The van der Waals surface area contributed by atoms with Crippen LogP contribution in [0.4, 0.5) is 13.2 Å². The molecular weight excluding hydrogens is 305 g/mol. The molecule has 1 heterocycles. The lowest BCUT2D eigenvalue weighted by atomic mass is 10.3. The molecule has 2 rings (SSSR count). The van der Waals surface area contributed by atoms with Gasteiger partial charge in [-0.2, -0.15) is 18.3 Å². The first-order valence-electron chi connectivity index (χ1n) is 6.30. The molecule has 0 aliphatic carbocycles. The maximum absolute atomic E-state index is 12.6. The van der Waals surface area contributed by atoms with Crippen molar-refractivity contribution in [3.8, 4) is 11.4 Å². The predicted octanol–water partition coefficient (Wildman–Crippen LogP) is 4.89. The van der Waals surface area contributed by atoms with Gasteiger partial charge in [-0.1, -0.05) is 25.4 Å². The Morgan fingerprint density at radius 1 is 1.19 bits per heavy atom. The third kappa shape index (κ3) is 3.91. The molecule has 0 saturated heterocycles. The van der Waals surface area contributed by atoms with Crippen LogP contribution in [0.1, 0.15) is 25.2 Å². The van der Waals surface area contributed by atoms with Crippen LogP contribution < -0.4 is 4.74 Å². The standard InChI is InChI=1S/C12H10ClF3N2O.C2H6/c1-7-5-11(12(14,15)16)17-18(7)9-6-8(13)3-4-10(9)19-2;1-2/h3-6H,1-2H3;1-2H3. The third-order valence-corrected chi connectivity index (χ3v) is 2.78. The van der Waals surface area contributed by atoms with Crippen molar-refractivity contribution in [1.82, 2.24) is 9.78 Å². The van der Waals surface area contributed by atoms with Crippen LogP contribution in [0.15, 0.2) is 24.3 Å². The van der Waals surface area contributed by atoms with E-state index in [0.717, 1.165) is 10.7 Å². The van der Waals surface area contributed by atoms with Crippen LogP contribution in [0, 0.1) is 6.92 Å². The number of methoxy groups -OCH3 is 1. The van der Waals surface area contributed by atoms with Crippen molar-refractivity contribution in [1.29, 1.82) is 0 Å². The second-order valence-electron chi connectivity index (χ2n) is 3.90. The molecule has 3 nitrogen and oxygen atoms in total. The highest BCUT2D eigenvalue weighted by Gasteiger charge is 2.34. The summed E-state index contributed by atoms with van der Waals surface area (Å²) in [7, 11) is 1.43. The number of halogens is 4. The van der Waals surface area contributed by atoms with Gasteiger partial charge in [-0.25, -0.2) is 4.68 Å². The Kier molecular flexibility index (Phi) is 5.66. The Balaban J connectivity index is 0.00000106. The predicted molar refractivity (Wildman–Crippen MR) is 76.2 cm³/mol. The summed E-state index contributed by atoms with van der Waals surface area (Å²) in [6.45, 7) is 5.53. The van der Waals surface area contributed by atoms with E-state index in [1.54, 1.807) is 12.1 Å². The first-order chi connectivity index (χ1) is 9.82. The van der Waals surface area contributed by atoms with Gasteiger partial charge in [-0.05, 0) is 31.2 Å². The zero-order valence-electron chi connectivity index (χ0n) is 12.1. The van der Waals surface area contributed by atoms with E-state index in [9.17, 15) is 13.2 Å². The fourth-order valence-corrected chi connectivity index (χ4v) is 1.85. The Bertz CT molecular complexity index is 609. The Labute approximate surface area is 126 Å². The quantitative estimate of drug-likeness (QED) is 0.788. The van der Waals surface area contributed by atoms with E-state index in [-0.39, 0.29) is 0 Å². The molecule has 0 saturated carbocycles. The average Bonchev–Trinajstić information content (AvgIpc) is 2.83. The molecule has 0 spiro atoms. The van der Waals surface area contributed by atoms with Gasteiger partial charge in [-0.3, -0.25) is 0 Å². The zero-order chi connectivity index (χ0) is 16.2. The monoisotopic (exact) mass is 320 g/mol. The summed E-state index contributed by atoms with van der Waals surface area (Å²) in [4.78, 5) is 0. The number of hydrogen-bond donors (Lipinski definition) is 0. The number of aryl methyl sites for hydroxylation is 1. The lowest BCUT2D eigenvalue weighted by molar-refractivity contribution is -0.141. The van der Waals surface area contributed by atoms with Crippen molar-refractivity contribution in [3.05, 3.63) is 40.7 Å². The summed E-state index contributed by atoms with van der Waals surface area (Å²) >= 11 is 5.85. The minimum Gasteiger partial charge on any atom is -0.494 e. The molecule has 0 N–H and O–H groups in total. The largest absolute Gasteiger partial charge is 0.494 e. The van der Waals surface area contributed by atoms with Gasteiger partial charge in [-0.15, -0.1) is 0 Å². The number of benzene rings is 1. The van der Waals surface area contributed by atoms with Gasteiger partial charge in [0.15, 0.2) is 5.69 Å². The third-order valence-electron chi connectivity index (χ3n) is 2.55. The van der Waals surface area contributed by atoms with E-state index in [1.807, 2.05) is 13.8 Å². The second kappa shape index (κ2) is 6.85. The first kappa shape index (κ1) is 17.4. The minimum atomic E-state index is -4.48. The van der Waals surface area contributed by atoms with Crippen LogP contribution in [0.25, 0.3) is 5.69 Å². The molecule has 0 aliphatic heterocycles. The zero-order valence-corrected chi connectivity index (χ0v) is 12.9. The van der Waals surface area contributed by atoms with Gasteiger partial charge in [0.1, 0.15) is 11.4 Å². The lowest BCUT2D eigenvalue weighted by Gasteiger charge is -2.10. The van der Waals surface area contributed by atoms with Crippen LogP contribution in [-0.4, -0.2) is 16.9 Å². The highest BCUT2D eigenvalue weighted by atomic mass is 35.5. The van der Waals surface area contributed by atoms with Crippen LogP contribution in [0.2, 0.25) is 5.02 Å². The van der Waals surface area contributed by atoms with Crippen LogP contribution >= 0.6 is 11.6 Å². The molecular formula is C14H16ClF3N2O. The number of nitrogens with zero attached hydrogens (tertiary/aromatic N) is 2. The van der Waals surface area contributed by atoms with Crippen molar-refractivity contribution in [2.75, 3.05) is 7.11 Å². The van der Waals surface area contributed by atoms with E-state index < -0.39 is 11.9 Å². The summed E-state index contributed by atoms with van der Waals surface area (Å²) in [6.07, 6.45) is -4.48. The van der Waals surface area contributed by atoms with Gasteiger partial charge in [0.25, 0.3) is 0 Å². The number of rotatable bonds is 2. The highest BCUT2D eigenvalue weighted by molar-refractivity contribution is 6.30. The Morgan fingerprint density at radius 2 is 1.81 bits per heavy atom. The second-order valence-corrected chi connectivity index (χ2v) is 4.33. The van der Waals surface area contributed by atoms with Crippen molar-refractivity contribution < 1.29 is 17.9 Å². The molecule has 1 aromatic heterocycles. The summed E-state index contributed by atoms with van der Waals surface area (Å²) < 4.78 is 44.1. The van der Waals surface area contributed by atoms with E-state index in [0.29, 0.717) is 22.2 Å². The first-order valence-corrected chi connectivity index (χ1v) is 6.68. The average molecular weight is 321 g/mol. The molecule has 0 bridgehead atoms. The van der Waals surface area contributed by atoms with Crippen molar-refractivity contribution in [3.63, 3.8) is 0 Å². The maximum atomic E-state index is 12.6. The molecule has 116 valence electrons. The molecule has 0 amide bonds. The van der Waals surface area contributed by atoms with Crippen LogP contribution in [0.3, 0.4) is 0 Å². The highest BCUT2D eigenvalue weighted by Crippen LogP contribution is 2.32. The summed E-state index contributed by atoms with van der Waals surface area (Å²) in [5.74, 6) is 0.393. The fraction of sp³-hybridized carbons (Fsp3) is 0.357. The van der Waals surface area contributed by atoms with Crippen LogP contribution in [0.5, 0.6) is 5.75 Å². The minimum absolute atomic E-state index is 0.341. The Hall–Kier alpha value is -1.69. The number of ether oxygens (including phenoxy) is 1. The van der Waals surface area contributed by atoms with E-state index in [4.69, 9.17) is 16.3 Å². The molecule has 0 aliphatic rings. The van der Waals surface area contributed by atoms with Crippen molar-refractivity contribution in [2.24, 2.45) is 0 Å². The molecule has 1 aromatic carbocycles. The molecule has 7 heteroatoms. The van der Waals surface area contributed by atoms with E-state index >= 15 is 0 Å². The smallest absolute Gasteiger partial charge is 0.435 e. The van der Waals surface area contributed by atoms with Gasteiger partial charge >= 0.3 is 6.18 Å². The lowest BCUT2D eigenvalue weighted by Crippen LogP contribution is -2.08. The number of alkyl halides is 3. The number of aromatic nitrogens is 2.